The van der Waals surface area contributed by atoms with Crippen molar-refractivity contribution in [1.29, 1.82) is 0 Å². The Hall–Kier alpha value is -7.20. The molecule has 0 heterocycles. The maximum atomic E-state index is 13.1. The minimum atomic E-state index is -0.580. The van der Waals surface area contributed by atoms with E-state index in [0.717, 1.165) is 42.7 Å². The van der Waals surface area contributed by atoms with E-state index in [-0.39, 0.29) is 22.6 Å². The molecule has 0 aliphatic carbocycles. The predicted octanol–water partition coefficient (Wildman–Crippen LogP) is 14.1. The molecule has 0 fully saturated rings. The fourth-order valence-electron chi connectivity index (χ4n) is 7.32. The largest absolute Gasteiger partial charge is 0.494 e. The average molecular weight is 919 g/mol. The minimum absolute atomic E-state index is 0.276. The van der Waals surface area contributed by atoms with E-state index in [1.165, 1.54) is 62.1 Å². The lowest BCUT2D eigenvalue weighted by Gasteiger charge is -2.15. The van der Waals surface area contributed by atoms with Gasteiger partial charge in [0.1, 0.15) is 34.5 Å². The second-order valence-electron chi connectivity index (χ2n) is 17.5. The Kier molecular flexibility index (Phi) is 18.9. The summed E-state index contributed by atoms with van der Waals surface area (Å²) in [5.41, 5.74) is 2.89. The summed E-state index contributed by atoms with van der Waals surface area (Å²) in [4.78, 5) is 51.7. The highest BCUT2D eigenvalue weighted by atomic mass is 16.5. The molecule has 0 amide bonds. The molecule has 0 spiro atoms. The lowest BCUT2D eigenvalue weighted by Crippen LogP contribution is -2.12. The first-order valence-electron chi connectivity index (χ1n) is 23.7. The molecule has 0 bridgehead atoms. The van der Waals surface area contributed by atoms with Gasteiger partial charge in [0.25, 0.3) is 0 Å². The smallest absolute Gasteiger partial charge is 0.343 e. The summed E-state index contributed by atoms with van der Waals surface area (Å²) in [6, 6.07) is 40.0. The Balaban J connectivity index is 0.932. The molecule has 0 aromatic heterocycles. The summed E-state index contributed by atoms with van der Waals surface area (Å²) in [5.74, 6) is 2.26. The summed E-state index contributed by atoms with van der Waals surface area (Å²) in [7, 11) is 0. The second kappa shape index (κ2) is 25.6. The van der Waals surface area contributed by atoms with Crippen molar-refractivity contribution < 1.29 is 47.6 Å². The topological polar surface area (TPSA) is 124 Å². The van der Waals surface area contributed by atoms with Gasteiger partial charge in [0.05, 0.1) is 35.5 Å². The molecule has 0 aliphatic heterocycles. The van der Waals surface area contributed by atoms with Gasteiger partial charge in [-0.2, -0.15) is 0 Å². The number of esters is 4. The maximum absolute atomic E-state index is 13.1. The molecule has 10 heteroatoms. The Labute approximate surface area is 400 Å². The number of rotatable bonds is 24. The molecular weight excluding hydrogens is 857 g/mol. The van der Waals surface area contributed by atoms with E-state index in [2.05, 4.69) is 34.6 Å². The van der Waals surface area contributed by atoms with Crippen molar-refractivity contribution in [2.45, 2.75) is 86.0 Å². The van der Waals surface area contributed by atoms with Crippen LogP contribution in [0.15, 0.2) is 146 Å². The van der Waals surface area contributed by atoms with E-state index in [0.29, 0.717) is 59.2 Å². The van der Waals surface area contributed by atoms with Crippen LogP contribution in [-0.4, -0.2) is 37.1 Å². The molecule has 10 nitrogen and oxygen atoms in total. The van der Waals surface area contributed by atoms with E-state index >= 15 is 0 Å². The van der Waals surface area contributed by atoms with Crippen molar-refractivity contribution in [3.05, 3.63) is 168 Å². The monoisotopic (exact) mass is 918 g/mol. The lowest BCUT2D eigenvalue weighted by atomic mass is 9.98. The van der Waals surface area contributed by atoms with E-state index in [9.17, 15) is 19.2 Å². The van der Waals surface area contributed by atoms with Crippen LogP contribution in [0.5, 0.6) is 34.5 Å². The highest BCUT2D eigenvalue weighted by Gasteiger charge is 2.16. The number of unbranched alkanes of at least 4 members (excludes halogenated alkanes) is 1. The fraction of sp³-hybridized carbons (Fsp3) is 0.310. The van der Waals surface area contributed by atoms with Gasteiger partial charge in [0.15, 0.2) is 0 Å². The van der Waals surface area contributed by atoms with E-state index in [1.807, 2.05) is 6.07 Å². The summed E-state index contributed by atoms with van der Waals surface area (Å²) in [6.07, 6.45) is 9.19. The summed E-state index contributed by atoms with van der Waals surface area (Å²) in [5, 5.41) is 0. The van der Waals surface area contributed by atoms with Gasteiger partial charge in [-0.25, -0.2) is 19.2 Å². The van der Waals surface area contributed by atoms with Crippen LogP contribution in [0, 0.1) is 17.8 Å². The summed E-state index contributed by atoms with van der Waals surface area (Å²) >= 11 is 0. The molecular formula is C58H62O10. The van der Waals surface area contributed by atoms with Crippen LogP contribution < -0.4 is 28.4 Å². The molecule has 2 unspecified atom stereocenters. The van der Waals surface area contributed by atoms with Gasteiger partial charge in [0.2, 0.25) is 0 Å². The van der Waals surface area contributed by atoms with Crippen LogP contribution in [0.2, 0.25) is 0 Å². The van der Waals surface area contributed by atoms with Crippen molar-refractivity contribution in [2.24, 2.45) is 17.8 Å². The molecule has 2 atom stereocenters. The van der Waals surface area contributed by atoms with Crippen LogP contribution in [0.25, 0.3) is 11.1 Å². The average Bonchev–Trinajstić information content (AvgIpc) is 3.35. The van der Waals surface area contributed by atoms with Crippen molar-refractivity contribution >= 4 is 23.9 Å². The Morgan fingerprint density at radius 2 is 0.868 bits per heavy atom. The molecule has 68 heavy (non-hydrogen) atoms. The van der Waals surface area contributed by atoms with Gasteiger partial charge in [-0.3, -0.25) is 0 Å². The van der Waals surface area contributed by atoms with Gasteiger partial charge in [-0.05, 0) is 163 Å². The van der Waals surface area contributed by atoms with Crippen molar-refractivity contribution in [2.75, 3.05) is 13.2 Å². The highest BCUT2D eigenvalue weighted by Crippen LogP contribution is 2.28. The van der Waals surface area contributed by atoms with Gasteiger partial charge in [-0.15, -0.1) is 0 Å². The van der Waals surface area contributed by atoms with Crippen LogP contribution in [-0.2, 0) is 0 Å². The van der Waals surface area contributed by atoms with E-state index < -0.39 is 23.9 Å². The van der Waals surface area contributed by atoms with Crippen molar-refractivity contribution in [3.8, 4) is 45.6 Å². The molecule has 6 aromatic rings. The molecule has 0 aliphatic rings. The maximum Gasteiger partial charge on any atom is 0.343 e. The first kappa shape index (κ1) is 50.2. The zero-order valence-electron chi connectivity index (χ0n) is 39.7. The van der Waals surface area contributed by atoms with E-state index in [4.69, 9.17) is 28.4 Å². The quantitative estimate of drug-likeness (QED) is 0.0428. The van der Waals surface area contributed by atoms with Crippen molar-refractivity contribution in [1.82, 2.24) is 0 Å². The third-order valence-electron chi connectivity index (χ3n) is 11.6. The summed E-state index contributed by atoms with van der Waals surface area (Å²) in [6.45, 7) is 12.4. The standard InChI is InChI=1S/C58H62O10/c1-6-8-13-42(7-2)39-64-50-28-20-45(21-29-50)56(60)67-53-34-24-47(25-35-53)58(62)68-54-15-10-14-48(38-54)43-16-30-51(31-17-43)65-57(61)46-22-32-52(33-23-46)66-55(59)44-18-26-49(27-19-44)63-37-36-41(5)12-9-11-40(3)4/h10,14-35,38,40-42H,6-9,11-13,36-37,39H2,1-5H3. The third-order valence-corrected chi connectivity index (χ3v) is 11.6. The van der Waals surface area contributed by atoms with Gasteiger partial charge < -0.3 is 28.4 Å². The Bertz CT molecular complexity index is 2530. The van der Waals surface area contributed by atoms with E-state index in [1.54, 1.807) is 103 Å². The number of carbonyl (C=O) groups is 4. The Morgan fingerprint density at radius 3 is 1.32 bits per heavy atom. The first-order chi connectivity index (χ1) is 33.0. The molecule has 0 N–H and O–H groups in total. The van der Waals surface area contributed by atoms with Crippen LogP contribution in [0.4, 0.5) is 0 Å². The molecule has 6 aromatic carbocycles. The fourth-order valence-corrected chi connectivity index (χ4v) is 7.32. The molecule has 6 rings (SSSR count). The Morgan fingerprint density at radius 1 is 0.426 bits per heavy atom. The zero-order chi connectivity index (χ0) is 48.3. The SMILES string of the molecule is CCCCC(CC)COc1ccc(C(=O)Oc2ccc(C(=O)Oc3cccc(-c4ccc(OC(=O)c5ccc(OC(=O)c6ccc(OCCC(C)CCCC(C)C)cc6)cc5)cc4)c3)cc2)cc1. The number of benzene rings is 6. The van der Waals surface area contributed by atoms with Gasteiger partial charge >= 0.3 is 23.9 Å². The van der Waals surface area contributed by atoms with Crippen LogP contribution >= 0.6 is 0 Å². The third kappa shape index (κ3) is 15.7. The molecule has 0 saturated carbocycles. The predicted molar refractivity (Wildman–Crippen MR) is 264 cm³/mol. The number of carbonyl (C=O) groups excluding carboxylic acids is 4. The van der Waals surface area contributed by atoms with Crippen LogP contribution in [0.3, 0.4) is 0 Å². The number of hydrogen-bond acceptors (Lipinski definition) is 10. The van der Waals surface area contributed by atoms with Gasteiger partial charge in [0, 0.05) is 0 Å². The minimum Gasteiger partial charge on any atom is -0.494 e. The zero-order valence-corrected chi connectivity index (χ0v) is 39.7. The lowest BCUT2D eigenvalue weighted by molar-refractivity contribution is 0.0720. The molecule has 0 saturated heterocycles. The van der Waals surface area contributed by atoms with Crippen molar-refractivity contribution in [3.63, 3.8) is 0 Å². The number of hydrogen-bond donors (Lipinski definition) is 0. The molecule has 0 radical (unpaired) electrons. The van der Waals surface area contributed by atoms with Gasteiger partial charge in [-0.1, -0.05) is 97.4 Å². The molecule has 354 valence electrons. The second-order valence-corrected chi connectivity index (χ2v) is 17.5. The van der Waals surface area contributed by atoms with Crippen LogP contribution in [0.1, 0.15) is 127 Å². The highest BCUT2D eigenvalue weighted by molar-refractivity contribution is 5.94. The first-order valence-corrected chi connectivity index (χ1v) is 23.7. The summed E-state index contributed by atoms with van der Waals surface area (Å²) < 4.78 is 34.2. The normalized spacial score (nSPS) is 11.9. The number of ether oxygens (including phenoxy) is 6.